The molecule has 198 valence electrons. The molecule has 1 heterocycles. The molecule has 3 aromatic rings. The first-order valence-corrected chi connectivity index (χ1v) is 12.6. The molecule has 1 aromatic heterocycles. The minimum Gasteiger partial charge on any atom is -0.496 e. The molecule has 37 heavy (non-hydrogen) atoms. The Morgan fingerprint density at radius 3 is 2.54 bits per heavy atom. The van der Waals surface area contributed by atoms with Crippen LogP contribution < -0.4 is 20.7 Å². The number of phosphoric ester groups is 1. The van der Waals surface area contributed by atoms with Gasteiger partial charge in [0, 0.05) is 24.0 Å². The number of oxazole rings is 1. The van der Waals surface area contributed by atoms with Gasteiger partial charge in [0.1, 0.15) is 11.9 Å². The van der Waals surface area contributed by atoms with E-state index in [1.54, 1.807) is 55.6 Å². The van der Waals surface area contributed by atoms with Crippen molar-refractivity contribution >= 4 is 31.3 Å². The first-order chi connectivity index (χ1) is 17.7. The molecule has 0 aliphatic heterocycles. The molecule has 13 nitrogen and oxygen atoms in total. The molecule has 5 N–H and O–H groups in total. The molecule has 2 aromatic carbocycles. The molecule has 0 saturated carbocycles. The Hall–Kier alpha value is -3.90. The summed E-state index contributed by atoms with van der Waals surface area (Å²) < 4.78 is 31.0. The van der Waals surface area contributed by atoms with Gasteiger partial charge in [-0.25, -0.2) is 19.1 Å². The van der Waals surface area contributed by atoms with Crippen molar-refractivity contribution in [2.45, 2.75) is 26.0 Å². The third-order valence-electron chi connectivity index (χ3n) is 4.94. The largest absolute Gasteiger partial charge is 0.496 e. The Bertz CT molecular complexity index is 1250. The maximum Gasteiger partial charge on any atom is 0.469 e. The summed E-state index contributed by atoms with van der Waals surface area (Å²) in [6.07, 6.45) is 1.57. The van der Waals surface area contributed by atoms with Gasteiger partial charge in [-0.05, 0) is 36.2 Å². The lowest BCUT2D eigenvalue weighted by molar-refractivity contribution is 0.0516. The van der Waals surface area contributed by atoms with Crippen LogP contribution in [0, 0.1) is 0 Å². The van der Waals surface area contributed by atoms with E-state index in [0.29, 0.717) is 40.4 Å². The van der Waals surface area contributed by atoms with Gasteiger partial charge in [0.25, 0.3) is 0 Å². The Balaban J connectivity index is 1.52. The average molecular weight is 534 g/mol. The summed E-state index contributed by atoms with van der Waals surface area (Å²) in [7, 11) is -3.15. The van der Waals surface area contributed by atoms with E-state index in [2.05, 4.69) is 25.5 Å². The third-order valence-corrected chi connectivity index (χ3v) is 5.42. The molecule has 0 unspecified atom stereocenters. The molecular weight excluding hydrogens is 507 g/mol. The molecule has 3 amide bonds. The van der Waals surface area contributed by atoms with Crippen LogP contribution in [-0.4, -0.2) is 46.7 Å². The summed E-state index contributed by atoms with van der Waals surface area (Å²) in [6.45, 7) is 1.34. The normalized spacial score (nSPS) is 11.9. The summed E-state index contributed by atoms with van der Waals surface area (Å²) >= 11 is 0. The summed E-state index contributed by atoms with van der Waals surface area (Å²) in [5, 5.41) is 7.99. The number of urea groups is 1. The number of methoxy groups -OCH3 is 1. The first-order valence-electron chi connectivity index (χ1n) is 11.0. The van der Waals surface area contributed by atoms with Gasteiger partial charge in [-0.2, -0.15) is 0 Å². The Morgan fingerprint density at radius 2 is 1.89 bits per heavy atom. The predicted molar refractivity (Wildman–Crippen MR) is 133 cm³/mol. The quantitative estimate of drug-likeness (QED) is 0.225. The van der Waals surface area contributed by atoms with E-state index in [-0.39, 0.29) is 6.54 Å². The van der Waals surface area contributed by atoms with E-state index in [9.17, 15) is 14.2 Å². The van der Waals surface area contributed by atoms with Crippen LogP contribution >= 0.6 is 7.82 Å². The molecule has 0 aliphatic carbocycles. The van der Waals surface area contributed by atoms with Crippen LogP contribution in [0.5, 0.6) is 5.75 Å². The number of rotatable bonds is 11. The molecule has 0 spiro atoms. The summed E-state index contributed by atoms with van der Waals surface area (Å²) in [5.74, 6) is 1.02. The van der Waals surface area contributed by atoms with Crippen molar-refractivity contribution in [2.75, 3.05) is 24.4 Å². The van der Waals surface area contributed by atoms with Gasteiger partial charge in [0.15, 0.2) is 12.2 Å². The van der Waals surface area contributed by atoms with Crippen LogP contribution in [0.3, 0.4) is 0 Å². The highest BCUT2D eigenvalue weighted by molar-refractivity contribution is 7.46. The van der Waals surface area contributed by atoms with Crippen molar-refractivity contribution in [2.24, 2.45) is 0 Å². The number of aromatic nitrogens is 1. The molecule has 1 atom stereocenters. The number of carbonyl (C=O) groups excluding carboxylic acids is 2. The fourth-order valence-electron chi connectivity index (χ4n) is 3.16. The second-order valence-electron chi connectivity index (χ2n) is 7.64. The number of ether oxygens (including phenoxy) is 2. The topological polar surface area (TPSA) is 181 Å². The third kappa shape index (κ3) is 8.92. The highest BCUT2D eigenvalue weighted by Crippen LogP contribution is 2.36. The first kappa shape index (κ1) is 27.7. The number of alkyl carbamates (subject to hydrolysis) is 1. The molecule has 3 rings (SSSR count). The lowest BCUT2D eigenvalue weighted by Crippen LogP contribution is -2.30. The minimum absolute atomic E-state index is 0.0893. The monoisotopic (exact) mass is 534 g/mol. The van der Waals surface area contributed by atoms with Gasteiger partial charge in [0.05, 0.1) is 25.5 Å². The molecule has 0 bridgehead atoms. The number of hydrogen-bond donors (Lipinski definition) is 5. The van der Waals surface area contributed by atoms with E-state index in [4.69, 9.17) is 23.7 Å². The lowest BCUT2D eigenvalue weighted by atomic mass is 10.1. The van der Waals surface area contributed by atoms with Crippen molar-refractivity contribution in [3.8, 4) is 17.1 Å². The maximum atomic E-state index is 12.5. The molecular formula is C23H27N4O9P. The second-order valence-corrected chi connectivity index (χ2v) is 8.88. The van der Waals surface area contributed by atoms with Gasteiger partial charge in [-0.3, -0.25) is 4.52 Å². The van der Waals surface area contributed by atoms with E-state index < -0.39 is 32.7 Å². The van der Waals surface area contributed by atoms with Gasteiger partial charge < -0.3 is 39.6 Å². The zero-order chi connectivity index (χ0) is 26.8. The summed E-state index contributed by atoms with van der Waals surface area (Å²) in [5.41, 5.74) is 2.33. The lowest BCUT2D eigenvalue weighted by Gasteiger charge is -2.17. The zero-order valence-corrected chi connectivity index (χ0v) is 20.9. The van der Waals surface area contributed by atoms with Crippen molar-refractivity contribution in [1.29, 1.82) is 0 Å². The number of benzene rings is 2. The zero-order valence-electron chi connectivity index (χ0n) is 20.0. The molecule has 0 fully saturated rings. The van der Waals surface area contributed by atoms with Crippen LogP contribution in [0.25, 0.3) is 11.3 Å². The number of anilines is 2. The van der Waals surface area contributed by atoms with E-state index >= 15 is 0 Å². The van der Waals surface area contributed by atoms with Crippen LogP contribution in [0.15, 0.2) is 59.5 Å². The Labute approximate surface area is 212 Å². The highest BCUT2D eigenvalue weighted by Gasteiger charge is 2.20. The SMILES string of the molecule is CC[C@H](COP(=O)(O)O)OC(=O)NCc1cccc(NC(=O)Nc2ccc(-c3cnco3)c(OC)c2)c1. The van der Waals surface area contributed by atoms with Crippen LogP contribution in [0.2, 0.25) is 0 Å². The van der Waals surface area contributed by atoms with Gasteiger partial charge in [0.2, 0.25) is 0 Å². The minimum atomic E-state index is -4.66. The number of phosphoric acid groups is 1. The Morgan fingerprint density at radius 1 is 1.14 bits per heavy atom. The summed E-state index contributed by atoms with van der Waals surface area (Å²) in [6, 6.07) is 11.4. The maximum absolute atomic E-state index is 12.5. The van der Waals surface area contributed by atoms with E-state index in [1.807, 2.05) is 0 Å². The second kappa shape index (κ2) is 12.9. The van der Waals surface area contributed by atoms with Crippen molar-refractivity contribution < 1.29 is 42.4 Å². The fraction of sp³-hybridized carbons (Fsp3) is 0.261. The van der Waals surface area contributed by atoms with E-state index in [0.717, 1.165) is 0 Å². The number of hydrogen-bond acceptors (Lipinski definition) is 8. The van der Waals surface area contributed by atoms with Crippen molar-refractivity contribution in [3.05, 3.63) is 60.6 Å². The van der Waals surface area contributed by atoms with Crippen LogP contribution in [-0.2, 0) is 20.4 Å². The number of nitrogens with one attached hydrogen (secondary N) is 3. The smallest absolute Gasteiger partial charge is 0.469 e. The number of carbonyl (C=O) groups is 2. The highest BCUT2D eigenvalue weighted by atomic mass is 31.2. The average Bonchev–Trinajstić information content (AvgIpc) is 3.39. The van der Waals surface area contributed by atoms with Crippen molar-refractivity contribution in [1.82, 2.24) is 10.3 Å². The van der Waals surface area contributed by atoms with Gasteiger partial charge in [-0.15, -0.1) is 0 Å². The molecule has 0 radical (unpaired) electrons. The molecule has 14 heteroatoms. The Kier molecular flexibility index (Phi) is 9.64. The van der Waals surface area contributed by atoms with E-state index in [1.165, 1.54) is 13.5 Å². The standard InChI is InChI=1S/C23H27N4O9P/c1-3-18(13-35-37(30,31)32)36-23(29)25-11-15-5-4-6-16(9-15)26-22(28)27-17-7-8-19(20(10-17)33-2)21-12-24-14-34-21/h4-10,12,14,18H,3,11,13H2,1-2H3,(H,25,29)(H2,26,27,28)(H2,30,31,32)/t18-/m1/s1. The van der Waals surface area contributed by atoms with Gasteiger partial charge in [-0.1, -0.05) is 19.1 Å². The summed E-state index contributed by atoms with van der Waals surface area (Å²) in [4.78, 5) is 46.0. The van der Waals surface area contributed by atoms with Gasteiger partial charge >= 0.3 is 19.9 Å². The molecule has 0 saturated heterocycles. The predicted octanol–water partition coefficient (Wildman–Crippen LogP) is 4.11. The van der Waals surface area contributed by atoms with Crippen molar-refractivity contribution in [3.63, 3.8) is 0 Å². The fourth-order valence-corrected chi connectivity index (χ4v) is 3.52. The van der Waals surface area contributed by atoms with Crippen LogP contribution in [0.4, 0.5) is 21.0 Å². The molecule has 0 aliphatic rings. The number of amides is 3. The van der Waals surface area contributed by atoms with Crippen LogP contribution in [0.1, 0.15) is 18.9 Å². The number of nitrogens with zero attached hydrogens (tertiary/aromatic N) is 1.